The Kier molecular flexibility index (Phi) is 26.6. The molecule has 5 aliphatic rings. The molecule has 0 N–H and O–H groups in total. The predicted octanol–water partition coefficient (Wildman–Crippen LogP) is 20.9. The summed E-state index contributed by atoms with van der Waals surface area (Å²) in [5, 5.41) is 0. The van der Waals surface area contributed by atoms with Gasteiger partial charge < -0.3 is 4.74 Å². The average molecular weight is 1530 g/mol. The molecule has 5 aliphatic heterocycles. The predicted molar refractivity (Wildman–Crippen MR) is 454 cm³/mol. The Balaban J connectivity index is 0.000000136. The zero-order valence-electron chi connectivity index (χ0n) is 65.5. The highest BCUT2D eigenvalue weighted by atomic mass is 32.2. The summed E-state index contributed by atoms with van der Waals surface area (Å²) in [7, 11) is 1.60. The second kappa shape index (κ2) is 36.0. The van der Waals surface area contributed by atoms with Crippen molar-refractivity contribution in [2.75, 3.05) is 35.9 Å². The number of hydrogen-bond acceptors (Lipinski definition) is 15. The zero-order chi connectivity index (χ0) is 77.5. The second-order valence-electron chi connectivity index (χ2n) is 30.8. The summed E-state index contributed by atoms with van der Waals surface area (Å²) in [6, 6.07) is 38.0. The Morgan fingerprint density at radius 2 is 0.596 bits per heavy atom. The van der Waals surface area contributed by atoms with Gasteiger partial charge >= 0.3 is 0 Å². The van der Waals surface area contributed by atoms with E-state index in [-0.39, 0.29) is 32.9 Å². The van der Waals surface area contributed by atoms with Crippen LogP contribution in [-0.2, 0) is 27.1 Å². The van der Waals surface area contributed by atoms with Gasteiger partial charge in [-0.15, -0.1) is 58.8 Å². The molecule has 10 nitrogen and oxygen atoms in total. The van der Waals surface area contributed by atoms with Crippen LogP contribution in [0.5, 0.6) is 5.75 Å². The number of carbonyl (C=O) groups is 1. The van der Waals surface area contributed by atoms with Crippen LogP contribution in [0.2, 0.25) is 0 Å². The van der Waals surface area contributed by atoms with Crippen molar-refractivity contribution in [2.45, 2.75) is 188 Å². The van der Waals surface area contributed by atoms with Gasteiger partial charge in [-0.1, -0.05) is 123 Å². The molecule has 15 heteroatoms. The minimum atomic E-state index is 0.0206. The fourth-order valence-corrected chi connectivity index (χ4v) is 20.0. The molecule has 10 aromatic rings. The van der Waals surface area contributed by atoms with Crippen LogP contribution in [0.15, 0.2) is 183 Å². The number of methoxy groups -OCH3 is 1. The van der Waals surface area contributed by atoms with E-state index in [0.717, 1.165) is 73.1 Å². The van der Waals surface area contributed by atoms with Crippen LogP contribution in [-0.4, -0.2) is 81.5 Å². The first kappa shape index (κ1) is 80.7. The van der Waals surface area contributed by atoms with Crippen molar-refractivity contribution >= 4 is 64.6 Å². The lowest BCUT2D eigenvalue weighted by Crippen LogP contribution is -2.22. The minimum Gasteiger partial charge on any atom is -0.495 e. The van der Waals surface area contributed by atoms with Crippen molar-refractivity contribution < 1.29 is 9.53 Å². The second-order valence-corrected chi connectivity index (χ2v) is 36.5. The van der Waals surface area contributed by atoms with Gasteiger partial charge in [0.15, 0.2) is 5.78 Å². The van der Waals surface area contributed by atoms with E-state index in [9.17, 15) is 4.79 Å². The molecule has 0 aliphatic carbocycles. The fraction of sp³-hybridized carbons (Fsp3) is 0.330. The van der Waals surface area contributed by atoms with Crippen molar-refractivity contribution in [3.63, 3.8) is 0 Å². The monoisotopic (exact) mass is 1530 g/mol. The number of carbonyl (C=O) groups excluding carboxylic acids is 1. The van der Waals surface area contributed by atoms with E-state index in [1.165, 1.54) is 113 Å². The van der Waals surface area contributed by atoms with Gasteiger partial charge in [-0.2, -0.15) is 0 Å². The van der Waals surface area contributed by atoms with Crippen molar-refractivity contribution in [3.05, 3.63) is 271 Å². The van der Waals surface area contributed by atoms with Crippen molar-refractivity contribution in [2.24, 2.45) is 0 Å². The number of thioether (sulfide) groups is 5. The Labute approximate surface area is 668 Å². The van der Waals surface area contributed by atoms with Crippen LogP contribution in [0, 0.1) is 86.9 Å². The molecule has 4 aromatic heterocycles. The van der Waals surface area contributed by atoms with Gasteiger partial charge in [-0.25, -0.2) is 39.9 Å². The molecule has 0 saturated heterocycles. The van der Waals surface area contributed by atoms with E-state index in [4.69, 9.17) is 4.74 Å². The summed E-state index contributed by atoms with van der Waals surface area (Å²) < 4.78 is 5.39. The lowest BCUT2D eigenvalue weighted by molar-refractivity contribution is 0.101. The molecule has 15 rings (SSSR count). The maximum atomic E-state index is 11.5. The molecule has 6 aromatic carbocycles. The van der Waals surface area contributed by atoms with Crippen molar-refractivity contribution in [1.82, 2.24) is 39.9 Å². The topological polar surface area (TPSA) is 129 Å². The minimum absolute atomic E-state index is 0.0206. The van der Waals surface area contributed by atoms with Crippen LogP contribution >= 0.6 is 58.8 Å². The third kappa shape index (κ3) is 22.0. The first-order valence-corrected chi connectivity index (χ1v) is 41.8. The fourth-order valence-electron chi connectivity index (χ4n) is 12.6. The van der Waals surface area contributed by atoms with Gasteiger partial charge in [0.05, 0.1) is 29.4 Å². The summed E-state index contributed by atoms with van der Waals surface area (Å²) in [6.07, 6.45) is 20.3. The number of aryl methyl sites for hydroxylation is 4. The number of hydrogen-bond donors (Lipinski definition) is 0. The van der Waals surface area contributed by atoms with E-state index in [0.29, 0.717) is 17.1 Å². The Morgan fingerprint density at radius 1 is 0.330 bits per heavy atom. The number of aromatic nitrogens is 8. The van der Waals surface area contributed by atoms with Crippen LogP contribution in [0.4, 0.5) is 0 Å². The smallest absolute Gasteiger partial charge is 0.205 e. The highest BCUT2D eigenvalue weighted by Gasteiger charge is 2.32. The Bertz CT molecular complexity index is 4800. The Morgan fingerprint density at radius 3 is 0.872 bits per heavy atom. The molecular weight excluding hydrogens is 1430 g/mol. The van der Waals surface area contributed by atoms with Gasteiger partial charge in [0.1, 0.15) is 23.2 Å². The summed E-state index contributed by atoms with van der Waals surface area (Å²) in [5.41, 5.74) is 18.5. The van der Waals surface area contributed by atoms with E-state index in [1.807, 2.05) is 92.6 Å². The van der Waals surface area contributed by atoms with Crippen LogP contribution < -0.4 is 4.74 Å². The van der Waals surface area contributed by atoms with E-state index < -0.39 is 0 Å². The number of Topliss-reactive ketones (excluding diaryl/α,β-unsaturated/α-hetero) is 1. The molecule has 9 heterocycles. The molecule has 0 amide bonds. The molecule has 0 spiro atoms. The molecule has 0 saturated carbocycles. The molecule has 0 radical (unpaired) electrons. The van der Waals surface area contributed by atoms with E-state index >= 15 is 0 Å². The maximum Gasteiger partial charge on any atom is 0.205 e. The number of ketones is 1. The molecule has 552 valence electrons. The lowest BCUT2D eigenvalue weighted by Gasteiger charge is -2.32. The third-order valence-corrected chi connectivity index (χ3v) is 25.3. The van der Waals surface area contributed by atoms with Crippen molar-refractivity contribution in [3.8, 4) is 65.0 Å². The molecule has 0 bridgehead atoms. The van der Waals surface area contributed by atoms with Crippen LogP contribution in [0.25, 0.3) is 0 Å². The molecule has 109 heavy (non-hydrogen) atoms. The Hall–Kier alpha value is -9.34. The highest BCUT2D eigenvalue weighted by molar-refractivity contribution is 8.00. The van der Waals surface area contributed by atoms with Gasteiger partial charge in [-0.3, -0.25) is 4.79 Å². The summed E-state index contributed by atoms with van der Waals surface area (Å²) in [5.74, 6) is 41.3. The van der Waals surface area contributed by atoms with E-state index in [1.54, 1.807) is 75.7 Å². The zero-order valence-corrected chi connectivity index (χ0v) is 69.6. The number of nitrogens with zero attached hydrogens (tertiary/aromatic N) is 8. The lowest BCUT2D eigenvalue weighted by atomic mass is 9.81. The maximum absolute atomic E-state index is 11.5. The SMILES string of the molecule is COc1cc(C(C)=O)ccc1C#Cc1ccc2c(c1)C(C)(C)CCS2.Cc1cnc(C#Cc2ccc3c(c2)C(C)(C)CCS3)nc1.Cc1ncc(C#Cc2ccc3c(c2)C(C)(C)CCS3)cn1.Cc1ncc(C#Cc2ccc3c(c2)C(C)(C)CCS3)cn1.Cc1ncc(C#Cc2ccc3c(c2)C(C)(C)CCS3)cn1. The van der Waals surface area contributed by atoms with Gasteiger partial charge in [-0.05, 0) is 271 Å². The number of fused-ring (bicyclic) bond motifs is 5. The average Bonchev–Trinajstić information content (AvgIpc) is 0.813. The quantitative estimate of drug-likeness (QED) is 0.120. The normalized spacial score (nSPS) is 15.6. The summed E-state index contributed by atoms with van der Waals surface area (Å²) >= 11 is 9.71. The molecule has 0 atom stereocenters. The molecule has 0 fully saturated rings. The third-order valence-electron chi connectivity index (χ3n) is 19.9. The van der Waals surface area contributed by atoms with Gasteiger partial charge in [0.25, 0.3) is 0 Å². The summed E-state index contributed by atoms with van der Waals surface area (Å²) in [4.78, 5) is 51.9. The highest BCUT2D eigenvalue weighted by Crippen LogP contribution is 2.46. The molecular formula is C94H94N8O2S5. The van der Waals surface area contributed by atoms with Crippen molar-refractivity contribution in [1.29, 1.82) is 0 Å². The van der Waals surface area contributed by atoms with Crippen LogP contribution in [0.3, 0.4) is 0 Å². The number of benzene rings is 6. The summed E-state index contributed by atoms with van der Waals surface area (Å²) in [6.45, 7) is 32.3. The number of rotatable bonds is 2. The van der Waals surface area contributed by atoms with E-state index in [2.05, 4.69) is 259 Å². The number of ether oxygens (including phenoxy) is 1. The first-order chi connectivity index (χ1) is 52.1. The first-order valence-electron chi connectivity index (χ1n) is 36.9. The molecule has 0 unspecified atom stereocenters. The largest absolute Gasteiger partial charge is 0.495 e. The van der Waals surface area contributed by atoms with Gasteiger partial charge in [0.2, 0.25) is 5.82 Å². The standard InChI is InChI=1S/C22H22O2S.4C18H18N2S/c1-15(23)18-9-8-17(20(14-18)24-4)7-5-16-6-10-21-19(13-16)22(2,3)11-12-25-21;1-13-11-19-17(20-12-13)7-5-14-4-6-16-15(10-14)18(2,3)8-9-21-16;3*1-13-19-11-15(12-20-13)5-4-14-6-7-17-16(10-14)18(2,3)8-9-21-17/h6,8-10,13-14H,11-12H2,1-4H3;4,6,10-12H,8-9H2,1-3H3;3*6-7,10-12H,8-9H2,1-3H3. The van der Waals surface area contributed by atoms with Crippen LogP contribution in [0.1, 0.15) is 225 Å². The van der Waals surface area contributed by atoms with Gasteiger partial charge in [0, 0.05) is 107 Å².